The molecule has 2 unspecified atom stereocenters. The highest BCUT2D eigenvalue weighted by Crippen LogP contribution is 2.41. The molecular weight excluding hydrogens is 234 g/mol. The number of ether oxygens (including phenoxy) is 1. The van der Waals surface area contributed by atoms with Crippen LogP contribution in [0.25, 0.3) is 0 Å². The molecule has 0 aromatic heterocycles. The van der Waals surface area contributed by atoms with E-state index in [1.54, 1.807) is 7.11 Å². The van der Waals surface area contributed by atoms with Gasteiger partial charge >= 0.3 is 0 Å². The maximum absolute atomic E-state index is 5.81. The van der Waals surface area contributed by atoms with E-state index < -0.39 is 5.72 Å². The van der Waals surface area contributed by atoms with Gasteiger partial charge in [0.2, 0.25) is 0 Å². The number of methoxy groups -OCH3 is 1. The Kier molecular flexibility index (Phi) is 3.59. The van der Waals surface area contributed by atoms with Crippen LogP contribution in [0.1, 0.15) is 31.2 Å². The molecule has 1 N–H and O–H groups in total. The molecule has 1 saturated heterocycles. The number of hydrogen-bond donors (Lipinski definition) is 1. The van der Waals surface area contributed by atoms with Crippen LogP contribution in [-0.4, -0.2) is 19.4 Å². The van der Waals surface area contributed by atoms with E-state index in [0.717, 1.165) is 18.0 Å². The minimum absolute atomic E-state index is 0.430. The highest BCUT2D eigenvalue weighted by atomic mass is 16.5. The molecule has 19 heavy (non-hydrogen) atoms. The average Bonchev–Trinajstić information content (AvgIpc) is 2.86. The van der Waals surface area contributed by atoms with Gasteiger partial charge in [0.15, 0.2) is 5.72 Å². The summed E-state index contributed by atoms with van der Waals surface area (Å²) in [7, 11) is 1.78. The van der Waals surface area contributed by atoms with Crippen molar-refractivity contribution in [2.45, 2.75) is 31.4 Å². The highest BCUT2D eigenvalue weighted by Gasteiger charge is 2.48. The molecule has 1 aromatic rings. The first-order valence-corrected chi connectivity index (χ1v) is 7.22. The van der Waals surface area contributed by atoms with E-state index in [4.69, 9.17) is 4.74 Å². The van der Waals surface area contributed by atoms with Crippen molar-refractivity contribution >= 4 is 0 Å². The van der Waals surface area contributed by atoms with Crippen LogP contribution in [0.2, 0.25) is 0 Å². The van der Waals surface area contributed by atoms with E-state index >= 15 is 0 Å². The second-order valence-electron chi connectivity index (χ2n) is 5.59. The zero-order valence-corrected chi connectivity index (χ0v) is 11.5. The van der Waals surface area contributed by atoms with Crippen molar-refractivity contribution < 1.29 is 4.74 Å². The molecule has 1 aromatic carbocycles. The molecule has 2 fully saturated rings. The number of rotatable bonds is 1. The fourth-order valence-electron chi connectivity index (χ4n) is 3.50. The van der Waals surface area contributed by atoms with Gasteiger partial charge in [-0.05, 0) is 36.8 Å². The third-order valence-electron chi connectivity index (χ3n) is 4.55. The Morgan fingerprint density at radius 1 is 1.21 bits per heavy atom. The van der Waals surface area contributed by atoms with Crippen LogP contribution in [0.4, 0.5) is 0 Å². The van der Waals surface area contributed by atoms with Crippen LogP contribution >= 0.6 is 0 Å². The second-order valence-corrected chi connectivity index (χ2v) is 5.59. The quantitative estimate of drug-likeness (QED) is 0.779. The normalized spacial score (nSPS) is 33.3. The Morgan fingerprint density at radius 2 is 2.00 bits per heavy atom. The molecule has 3 atom stereocenters. The lowest BCUT2D eigenvalue weighted by Crippen LogP contribution is -2.46. The largest absolute Gasteiger partial charge is 0.352 e. The van der Waals surface area contributed by atoms with Gasteiger partial charge in [-0.1, -0.05) is 37.0 Å². The molecule has 2 heteroatoms. The highest BCUT2D eigenvalue weighted by molar-refractivity contribution is 5.36. The standard InChI is InChI=1S/C17H21NO/c1-19-17(12-11-14-7-3-2-4-8-14)16-10-6-5-9-15(16)13-18-17/h2-4,7-8,15-16,18H,5-6,9-10,13H2,1H3/t15?,16?,17-/m1/s1. The summed E-state index contributed by atoms with van der Waals surface area (Å²) < 4.78 is 5.81. The van der Waals surface area contributed by atoms with Gasteiger partial charge in [-0.3, -0.25) is 5.32 Å². The van der Waals surface area contributed by atoms with Crippen LogP contribution in [0.5, 0.6) is 0 Å². The minimum atomic E-state index is -0.430. The summed E-state index contributed by atoms with van der Waals surface area (Å²) in [6.45, 7) is 1.04. The van der Waals surface area contributed by atoms with Crippen LogP contribution in [-0.2, 0) is 4.74 Å². The molecule has 100 valence electrons. The predicted octanol–water partition coefficient (Wildman–Crippen LogP) is 2.79. The topological polar surface area (TPSA) is 21.3 Å². The lowest BCUT2D eigenvalue weighted by atomic mass is 9.77. The minimum Gasteiger partial charge on any atom is -0.352 e. The average molecular weight is 255 g/mol. The molecule has 2 nitrogen and oxygen atoms in total. The fraction of sp³-hybridized carbons (Fsp3) is 0.529. The van der Waals surface area contributed by atoms with E-state index in [1.165, 1.54) is 25.7 Å². The molecule has 0 radical (unpaired) electrons. The first kappa shape index (κ1) is 12.7. The number of nitrogens with one attached hydrogen (secondary N) is 1. The van der Waals surface area contributed by atoms with Crippen LogP contribution in [0.15, 0.2) is 30.3 Å². The van der Waals surface area contributed by atoms with Gasteiger partial charge in [-0.25, -0.2) is 0 Å². The number of fused-ring (bicyclic) bond motifs is 1. The molecule has 1 saturated carbocycles. The molecular formula is C17H21NO. The van der Waals surface area contributed by atoms with Gasteiger partial charge in [0.25, 0.3) is 0 Å². The smallest absolute Gasteiger partial charge is 0.185 e. The van der Waals surface area contributed by atoms with Gasteiger partial charge in [-0.15, -0.1) is 0 Å². The number of hydrogen-bond acceptors (Lipinski definition) is 2. The summed E-state index contributed by atoms with van der Waals surface area (Å²) in [5.41, 5.74) is 0.626. The molecule has 0 spiro atoms. The lowest BCUT2D eigenvalue weighted by Gasteiger charge is -2.33. The molecule has 3 rings (SSSR count). The Bertz CT molecular complexity index is 487. The van der Waals surface area contributed by atoms with Crippen molar-refractivity contribution in [1.29, 1.82) is 0 Å². The van der Waals surface area contributed by atoms with E-state index in [0.29, 0.717) is 5.92 Å². The molecule has 0 amide bonds. The number of benzene rings is 1. The zero-order chi connectivity index (χ0) is 13.1. The van der Waals surface area contributed by atoms with Gasteiger partial charge in [-0.2, -0.15) is 0 Å². The van der Waals surface area contributed by atoms with E-state index in [9.17, 15) is 0 Å². The monoisotopic (exact) mass is 255 g/mol. The van der Waals surface area contributed by atoms with Crippen molar-refractivity contribution in [3.05, 3.63) is 35.9 Å². The third kappa shape index (κ3) is 2.41. The summed E-state index contributed by atoms with van der Waals surface area (Å²) in [6.07, 6.45) is 5.21. The van der Waals surface area contributed by atoms with E-state index in [1.807, 2.05) is 30.3 Å². The fourth-order valence-corrected chi connectivity index (χ4v) is 3.50. The van der Waals surface area contributed by atoms with Gasteiger partial charge in [0.05, 0.1) is 0 Å². The maximum atomic E-state index is 5.81. The summed E-state index contributed by atoms with van der Waals surface area (Å²) >= 11 is 0. The van der Waals surface area contributed by atoms with E-state index in [-0.39, 0.29) is 0 Å². The van der Waals surface area contributed by atoms with Crippen LogP contribution in [0.3, 0.4) is 0 Å². The van der Waals surface area contributed by atoms with Crippen LogP contribution in [0, 0.1) is 23.7 Å². The van der Waals surface area contributed by atoms with Crippen molar-refractivity contribution in [2.24, 2.45) is 11.8 Å². The molecule has 1 aliphatic carbocycles. The second kappa shape index (κ2) is 5.36. The third-order valence-corrected chi connectivity index (χ3v) is 4.55. The first-order valence-electron chi connectivity index (χ1n) is 7.22. The first-order chi connectivity index (χ1) is 9.34. The Morgan fingerprint density at radius 3 is 2.79 bits per heavy atom. The van der Waals surface area contributed by atoms with E-state index in [2.05, 4.69) is 17.2 Å². The zero-order valence-electron chi connectivity index (χ0n) is 11.5. The lowest BCUT2D eigenvalue weighted by molar-refractivity contribution is -0.0251. The Labute approximate surface area is 115 Å². The van der Waals surface area contributed by atoms with Gasteiger partial charge in [0.1, 0.15) is 0 Å². The van der Waals surface area contributed by atoms with Gasteiger partial charge < -0.3 is 4.74 Å². The van der Waals surface area contributed by atoms with Crippen LogP contribution < -0.4 is 5.32 Å². The molecule has 0 bridgehead atoms. The van der Waals surface area contributed by atoms with Crippen molar-refractivity contribution in [3.8, 4) is 11.8 Å². The molecule has 2 aliphatic rings. The van der Waals surface area contributed by atoms with Crippen molar-refractivity contribution in [1.82, 2.24) is 5.32 Å². The summed E-state index contributed by atoms with van der Waals surface area (Å²) in [5.74, 6) is 7.93. The maximum Gasteiger partial charge on any atom is 0.185 e. The van der Waals surface area contributed by atoms with Gasteiger partial charge in [0, 0.05) is 25.1 Å². The summed E-state index contributed by atoms with van der Waals surface area (Å²) in [6, 6.07) is 10.2. The summed E-state index contributed by atoms with van der Waals surface area (Å²) in [5, 5.41) is 3.54. The Balaban J connectivity index is 1.86. The SMILES string of the molecule is CO[C@@]1(C#Cc2ccccc2)NCC2CCCCC21. The van der Waals surface area contributed by atoms with Crippen molar-refractivity contribution in [2.75, 3.05) is 13.7 Å². The molecule has 1 aliphatic heterocycles. The predicted molar refractivity (Wildman–Crippen MR) is 76.5 cm³/mol. The molecule has 1 heterocycles. The Hall–Kier alpha value is -1.30. The van der Waals surface area contributed by atoms with Crippen molar-refractivity contribution in [3.63, 3.8) is 0 Å². The summed E-state index contributed by atoms with van der Waals surface area (Å²) in [4.78, 5) is 0.